The second-order valence-corrected chi connectivity index (χ2v) is 7.70. The van der Waals surface area contributed by atoms with Crippen LogP contribution in [0.1, 0.15) is 12.5 Å². The number of carbonyl (C=O) groups is 1. The summed E-state index contributed by atoms with van der Waals surface area (Å²) in [7, 11) is 0. The molecule has 0 spiro atoms. The van der Waals surface area contributed by atoms with Crippen LogP contribution in [-0.4, -0.2) is 29.0 Å². The van der Waals surface area contributed by atoms with Gasteiger partial charge in [0, 0.05) is 11.4 Å². The molecule has 0 saturated carbocycles. The minimum Gasteiger partial charge on any atom is -0.326 e. The van der Waals surface area contributed by atoms with Crippen molar-refractivity contribution in [3.05, 3.63) is 59.9 Å². The van der Waals surface area contributed by atoms with E-state index < -0.39 is 23.6 Å². The van der Waals surface area contributed by atoms with Crippen LogP contribution in [0.5, 0.6) is 0 Å². The molecular formula is C19H18F4N4OS. The average Bonchev–Trinajstić information content (AvgIpc) is 3.10. The van der Waals surface area contributed by atoms with E-state index in [9.17, 15) is 22.4 Å². The van der Waals surface area contributed by atoms with Crippen LogP contribution < -0.4 is 16.0 Å². The SMILES string of the molecule is CC1NC(C(=O)NC(=Nc2ccc(F)cc2)Nc2cccc(C(F)(F)F)c2)CS1. The van der Waals surface area contributed by atoms with Gasteiger partial charge < -0.3 is 5.32 Å². The lowest BCUT2D eigenvalue weighted by atomic mass is 10.2. The molecule has 1 saturated heterocycles. The smallest absolute Gasteiger partial charge is 0.326 e. The zero-order valence-corrected chi connectivity index (χ0v) is 16.1. The maximum atomic E-state index is 13.1. The van der Waals surface area contributed by atoms with Gasteiger partial charge in [-0.15, -0.1) is 11.8 Å². The normalized spacial score (nSPS) is 19.8. The van der Waals surface area contributed by atoms with Crippen molar-refractivity contribution in [1.82, 2.24) is 10.6 Å². The van der Waals surface area contributed by atoms with Crippen LogP contribution >= 0.6 is 11.8 Å². The van der Waals surface area contributed by atoms with Gasteiger partial charge in [0.25, 0.3) is 0 Å². The van der Waals surface area contributed by atoms with Gasteiger partial charge in [-0.3, -0.25) is 15.4 Å². The molecule has 29 heavy (non-hydrogen) atoms. The van der Waals surface area contributed by atoms with Crippen LogP contribution in [0, 0.1) is 5.82 Å². The molecule has 2 aromatic carbocycles. The summed E-state index contributed by atoms with van der Waals surface area (Å²) >= 11 is 1.58. The standard InChI is InChI=1S/C19H18F4N4OS/c1-11-24-16(10-29-11)17(28)27-18(25-14-7-5-13(20)6-8-14)26-15-4-2-3-12(9-15)19(21,22)23/h2-9,11,16,24H,10H2,1H3,(H2,25,26,27,28). The summed E-state index contributed by atoms with van der Waals surface area (Å²) < 4.78 is 52.0. The first kappa shape index (κ1) is 21.1. The number of guanidine groups is 1. The molecule has 1 aliphatic heterocycles. The Balaban J connectivity index is 1.84. The lowest BCUT2D eigenvalue weighted by Crippen LogP contribution is -2.47. The second-order valence-electron chi connectivity index (χ2n) is 6.32. The number of alkyl halides is 3. The molecule has 0 aliphatic carbocycles. The monoisotopic (exact) mass is 426 g/mol. The van der Waals surface area contributed by atoms with Crippen molar-refractivity contribution in [2.75, 3.05) is 11.1 Å². The summed E-state index contributed by atoms with van der Waals surface area (Å²) in [6, 6.07) is 9.24. The minimum atomic E-state index is -4.50. The molecule has 0 aromatic heterocycles. The summed E-state index contributed by atoms with van der Waals surface area (Å²) in [6.45, 7) is 1.92. The van der Waals surface area contributed by atoms with Gasteiger partial charge in [0.2, 0.25) is 11.9 Å². The Hall–Kier alpha value is -2.59. The number of nitrogens with one attached hydrogen (secondary N) is 3. The fraction of sp³-hybridized carbons (Fsp3) is 0.263. The Morgan fingerprint density at radius 3 is 2.55 bits per heavy atom. The summed E-state index contributed by atoms with van der Waals surface area (Å²) in [5, 5.41) is 8.51. The lowest BCUT2D eigenvalue weighted by Gasteiger charge is -2.16. The van der Waals surface area contributed by atoms with Crippen molar-refractivity contribution in [2.45, 2.75) is 24.5 Å². The van der Waals surface area contributed by atoms with Crippen molar-refractivity contribution >= 4 is 35.0 Å². The third-order valence-electron chi connectivity index (χ3n) is 4.03. The van der Waals surface area contributed by atoms with Crippen LogP contribution in [0.15, 0.2) is 53.5 Å². The van der Waals surface area contributed by atoms with Crippen LogP contribution in [0.4, 0.5) is 28.9 Å². The molecule has 0 radical (unpaired) electrons. The quantitative estimate of drug-likeness (QED) is 0.393. The first-order valence-electron chi connectivity index (χ1n) is 8.68. The molecule has 3 rings (SSSR count). The number of benzene rings is 2. The highest BCUT2D eigenvalue weighted by Crippen LogP contribution is 2.30. The van der Waals surface area contributed by atoms with Crippen molar-refractivity contribution in [3.8, 4) is 0 Å². The number of amides is 1. The molecule has 1 aliphatic rings. The molecule has 1 fully saturated rings. The summed E-state index contributed by atoms with van der Waals surface area (Å²) in [5.74, 6) is -0.337. The molecule has 2 atom stereocenters. The summed E-state index contributed by atoms with van der Waals surface area (Å²) in [5.41, 5.74) is -0.413. The van der Waals surface area contributed by atoms with Gasteiger partial charge in [-0.05, 0) is 49.4 Å². The predicted molar refractivity (Wildman–Crippen MR) is 106 cm³/mol. The number of hydrogen-bond acceptors (Lipinski definition) is 4. The van der Waals surface area contributed by atoms with Gasteiger partial charge >= 0.3 is 6.18 Å². The van der Waals surface area contributed by atoms with Crippen molar-refractivity contribution in [1.29, 1.82) is 0 Å². The van der Waals surface area contributed by atoms with Gasteiger partial charge in [-0.1, -0.05) is 6.07 Å². The zero-order valence-electron chi connectivity index (χ0n) is 15.3. The highest BCUT2D eigenvalue weighted by molar-refractivity contribution is 8.00. The number of carbonyl (C=O) groups excluding carboxylic acids is 1. The van der Waals surface area contributed by atoms with E-state index in [1.54, 1.807) is 11.8 Å². The van der Waals surface area contributed by atoms with E-state index in [4.69, 9.17) is 0 Å². The Labute approximate surface area is 169 Å². The molecule has 2 aromatic rings. The van der Waals surface area contributed by atoms with Gasteiger partial charge in [-0.25, -0.2) is 9.38 Å². The Bertz CT molecular complexity index is 902. The van der Waals surface area contributed by atoms with E-state index in [-0.39, 0.29) is 22.9 Å². The zero-order chi connectivity index (χ0) is 21.0. The molecule has 0 bridgehead atoms. The van der Waals surface area contributed by atoms with E-state index in [1.165, 1.54) is 36.4 Å². The van der Waals surface area contributed by atoms with E-state index in [1.807, 2.05) is 6.92 Å². The van der Waals surface area contributed by atoms with Crippen molar-refractivity contribution in [2.24, 2.45) is 4.99 Å². The highest BCUT2D eigenvalue weighted by Gasteiger charge is 2.31. The topological polar surface area (TPSA) is 65.5 Å². The third kappa shape index (κ3) is 5.94. The predicted octanol–water partition coefficient (Wildman–Crippen LogP) is 4.11. The number of anilines is 1. The molecule has 3 N–H and O–H groups in total. The van der Waals surface area contributed by atoms with E-state index >= 15 is 0 Å². The number of thioether (sulfide) groups is 1. The van der Waals surface area contributed by atoms with Gasteiger partial charge in [0.05, 0.1) is 22.7 Å². The lowest BCUT2D eigenvalue weighted by molar-refractivity contribution is -0.137. The molecule has 154 valence electrons. The molecular weight excluding hydrogens is 408 g/mol. The maximum absolute atomic E-state index is 13.1. The van der Waals surface area contributed by atoms with Gasteiger partial charge in [0.1, 0.15) is 5.82 Å². The number of hydrogen-bond donors (Lipinski definition) is 3. The molecule has 10 heteroatoms. The first-order chi connectivity index (χ1) is 13.7. The largest absolute Gasteiger partial charge is 0.416 e. The highest BCUT2D eigenvalue weighted by atomic mass is 32.2. The summed E-state index contributed by atoms with van der Waals surface area (Å²) in [6.07, 6.45) is -4.50. The first-order valence-corrected chi connectivity index (χ1v) is 9.72. The van der Waals surface area contributed by atoms with E-state index in [0.29, 0.717) is 11.4 Å². The van der Waals surface area contributed by atoms with E-state index in [0.717, 1.165) is 12.1 Å². The van der Waals surface area contributed by atoms with Gasteiger partial charge in [0.15, 0.2) is 0 Å². The minimum absolute atomic E-state index is 0.0627. The van der Waals surface area contributed by atoms with Crippen LogP contribution in [0.3, 0.4) is 0 Å². The number of rotatable bonds is 3. The second kappa shape index (κ2) is 8.83. The fourth-order valence-corrected chi connectivity index (χ4v) is 3.61. The van der Waals surface area contributed by atoms with E-state index in [2.05, 4.69) is 20.9 Å². The third-order valence-corrected chi connectivity index (χ3v) is 5.19. The average molecular weight is 426 g/mol. The molecule has 1 heterocycles. The Morgan fingerprint density at radius 1 is 1.21 bits per heavy atom. The number of nitrogens with zero attached hydrogens (tertiary/aromatic N) is 1. The fourth-order valence-electron chi connectivity index (χ4n) is 2.62. The van der Waals surface area contributed by atoms with Crippen molar-refractivity contribution < 1.29 is 22.4 Å². The van der Waals surface area contributed by atoms with Crippen LogP contribution in [0.2, 0.25) is 0 Å². The maximum Gasteiger partial charge on any atom is 0.416 e. The Morgan fingerprint density at radius 2 is 1.93 bits per heavy atom. The molecule has 1 amide bonds. The van der Waals surface area contributed by atoms with Gasteiger partial charge in [-0.2, -0.15) is 13.2 Å². The Kier molecular flexibility index (Phi) is 6.43. The molecule has 5 nitrogen and oxygen atoms in total. The number of halogens is 4. The number of aliphatic imine (C=N–C) groups is 1. The molecule has 2 unspecified atom stereocenters. The summed E-state index contributed by atoms with van der Waals surface area (Å²) in [4.78, 5) is 16.7. The van der Waals surface area contributed by atoms with Crippen LogP contribution in [0.25, 0.3) is 0 Å². The van der Waals surface area contributed by atoms with Crippen molar-refractivity contribution in [3.63, 3.8) is 0 Å². The van der Waals surface area contributed by atoms with Crippen LogP contribution in [-0.2, 0) is 11.0 Å².